The summed E-state index contributed by atoms with van der Waals surface area (Å²) in [6, 6.07) is 20.0. The van der Waals surface area contributed by atoms with Gasteiger partial charge in [0.15, 0.2) is 5.16 Å². The summed E-state index contributed by atoms with van der Waals surface area (Å²) in [4.78, 5) is 32.1. The van der Waals surface area contributed by atoms with Crippen LogP contribution in [0.1, 0.15) is 34.6 Å². The molecule has 2 aromatic carbocycles. The molecule has 0 radical (unpaired) electrons. The molecule has 2 N–H and O–H groups in total. The molecule has 1 atom stereocenters. The summed E-state index contributed by atoms with van der Waals surface area (Å²) < 4.78 is 0. The van der Waals surface area contributed by atoms with Crippen LogP contribution < -0.4 is 10.9 Å². The van der Waals surface area contributed by atoms with Crippen molar-refractivity contribution < 1.29 is 4.79 Å². The number of amides is 1. The van der Waals surface area contributed by atoms with Crippen molar-refractivity contribution in [1.82, 2.24) is 15.3 Å². The summed E-state index contributed by atoms with van der Waals surface area (Å²) in [7, 11) is 0. The quantitative estimate of drug-likeness (QED) is 0.440. The Labute approximate surface area is 175 Å². The van der Waals surface area contributed by atoms with Crippen LogP contribution in [0.3, 0.4) is 0 Å². The van der Waals surface area contributed by atoms with E-state index in [1.165, 1.54) is 17.3 Å². The van der Waals surface area contributed by atoms with E-state index in [1.807, 2.05) is 48.5 Å². The SMILES string of the molecule is Cc1nc(SC(C)c2ccccc2)[nH]c(=O)c1CC(=O)NCCc1ccccc1. The Morgan fingerprint density at radius 1 is 1.10 bits per heavy atom. The molecule has 3 aromatic rings. The minimum absolute atomic E-state index is 0.0299. The summed E-state index contributed by atoms with van der Waals surface area (Å²) >= 11 is 1.50. The second kappa shape index (κ2) is 10.1. The standard InChI is InChI=1S/C23H25N3O2S/c1-16-20(15-21(27)24-14-13-18-9-5-3-6-10-18)22(28)26-23(25-16)29-17(2)19-11-7-4-8-12-19/h3-12,17H,13-15H2,1-2H3,(H,24,27)(H,25,26,28). The minimum Gasteiger partial charge on any atom is -0.355 e. The molecular weight excluding hydrogens is 382 g/mol. The van der Waals surface area contributed by atoms with Crippen LogP contribution in [0.15, 0.2) is 70.6 Å². The molecule has 1 unspecified atom stereocenters. The number of aromatic amines is 1. The van der Waals surface area contributed by atoms with Gasteiger partial charge in [0.1, 0.15) is 0 Å². The lowest BCUT2D eigenvalue weighted by molar-refractivity contribution is -0.120. The fourth-order valence-corrected chi connectivity index (χ4v) is 3.99. The highest BCUT2D eigenvalue weighted by atomic mass is 32.2. The van der Waals surface area contributed by atoms with Crippen LogP contribution in [0.2, 0.25) is 0 Å². The molecule has 0 saturated carbocycles. The number of aryl methyl sites for hydroxylation is 1. The summed E-state index contributed by atoms with van der Waals surface area (Å²) in [5.74, 6) is -0.172. The van der Waals surface area contributed by atoms with Crippen molar-refractivity contribution in [3.8, 4) is 0 Å². The van der Waals surface area contributed by atoms with Crippen molar-refractivity contribution in [2.45, 2.75) is 37.1 Å². The third kappa shape index (κ3) is 6.06. The first-order chi connectivity index (χ1) is 14.0. The van der Waals surface area contributed by atoms with Crippen LogP contribution in [0.25, 0.3) is 0 Å². The van der Waals surface area contributed by atoms with Crippen molar-refractivity contribution >= 4 is 17.7 Å². The van der Waals surface area contributed by atoms with E-state index in [4.69, 9.17) is 0 Å². The van der Waals surface area contributed by atoms with Crippen molar-refractivity contribution in [2.75, 3.05) is 6.54 Å². The van der Waals surface area contributed by atoms with E-state index < -0.39 is 0 Å². The average Bonchev–Trinajstić information content (AvgIpc) is 2.72. The van der Waals surface area contributed by atoms with E-state index >= 15 is 0 Å². The first-order valence-electron chi connectivity index (χ1n) is 9.65. The molecule has 6 heteroatoms. The van der Waals surface area contributed by atoms with Gasteiger partial charge in [-0.2, -0.15) is 0 Å². The lowest BCUT2D eigenvalue weighted by atomic mass is 10.1. The van der Waals surface area contributed by atoms with Gasteiger partial charge in [-0.05, 0) is 31.4 Å². The second-order valence-corrected chi connectivity index (χ2v) is 8.20. The zero-order valence-corrected chi connectivity index (χ0v) is 17.5. The molecule has 0 fully saturated rings. The maximum atomic E-state index is 12.5. The summed E-state index contributed by atoms with van der Waals surface area (Å²) in [5, 5.41) is 3.60. The number of nitrogens with one attached hydrogen (secondary N) is 2. The smallest absolute Gasteiger partial charge is 0.255 e. The number of thioether (sulfide) groups is 1. The van der Waals surface area contributed by atoms with Crippen molar-refractivity contribution in [2.24, 2.45) is 0 Å². The number of hydrogen-bond acceptors (Lipinski definition) is 4. The first kappa shape index (κ1) is 20.9. The van der Waals surface area contributed by atoms with E-state index in [2.05, 4.69) is 34.3 Å². The minimum atomic E-state index is -0.251. The molecule has 0 saturated heterocycles. The van der Waals surface area contributed by atoms with Crippen molar-refractivity contribution in [1.29, 1.82) is 0 Å². The monoisotopic (exact) mass is 407 g/mol. The number of hydrogen-bond donors (Lipinski definition) is 2. The van der Waals surface area contributed by atoms with Gasteiger partial charge in [-0.15, -0.1) is 0 Å². The molecule has 1 amide bonds. The zero-order valence-electron chi connectivity index (χ0n) is 16.6. The van der Waals surface area contributed by atoms with Gasteiger partial charge in [0, 0.05) is 23.1 Å². The Morgan fingerprint density at radius 3 is 2.41 bits per heavy atom. The topological polar surface area (TPSA) is 74.8 Å². The van der Waals surface area contributed by atoms with Gasteiger partial charge >= 0.3 is 0 Å². The number of benzene rings is 2. The van der Waals surface area contributed by atoms with Gasteiger partial charge in [-0.1, -0.05) is 72.4 Å². The van der Waals surface area contributed by atoms with E-state index in [-0.39, 0.29) is 23.1 Å². The molecule has 1 heterocycles. The van der Waals surface area contributed by atoms with E-state index in [9.17, 15) is 9.59 Å². The summed E-state index contributed by atoms with van der Waals surface area (Å²) in [5.41, 5.74) is 3.09. The van der Waals surface area contributed by atoms with Gasteiger partial charge < -0.3 is 10.3 Å². The van der Waals surface area contributed by atoms with Gasteiger partial charge in [0.2, 0.25) is 5.91 Å². The average molecular weight is 408 g/mol. The predicted octanol–water partition coefficient (Wildman–Crippen LogP) is 3.83. The van der Waals surface area contributed by atoms with Crippen LogP contribution in [0.5, 0.6) is 0 Å². The molecule has 150 valence electrons. The van der Waals surface area contributed by atoms with Gasteiger partial charge in [-0.25, -0.2) is 4.98 Å². The largest absolute Gasteiger partial charge is 0.355 e. The van der Waals surface area contributed by atoms with Gasteiger partial charge in [-0.3, -0.25) is 9.59 Å². The molecule has 0 aliphatic rings. The highest BCUT2D eigenvalue weighted by molar-refractivity contribution is 7.99. The van der Waals surface area contributed by atoms with Gasteiger partial charge in [0.25, 0.3) is 5.56 Å². The first-order valence-corrected chi connectivity index (χ1v) is 10.5. The number of rotatable bonds is 8. The fraction of sp³-hybridized carbons (Fsp3) is 0.261. The number of H-pyrrole nitrogens is 1. The normalized spacial score (nSPS) is 11.8. The van der Waals surface area contributed by atoms with E-state index in [1.54, 1.807) is 6.92 Å². The predicted molar refractivity (Wildman–Crippen MR) is 117 cm³/mol. The van der Waals surface area contributed by atoms with Crippen molar-refractivity contribution in [3.63, 3.8) is 0 Å². The Hall–Kier alpha value is -2.86. The third-order valence-corrected chi connectivity index (χ3v) is 5.72. The highest BCUT2D eigenvalue weighted by Crippen LogP contribution is 2.32. The molecule has 3 rings (SSSR count). The molecule has 0 aliphatic carbocycles. The fourth-order valence-electron chi connectivity index (χ4n) is 3.02. The Balaban J connectivity index is 1.58. The third-order valence-electron chi connectivity index (χ3n) is 4.67. The maximum Gasteiger partial charge on any atom is 0.255 e. The molecular formula is C23H25N3O2S. The van der Waals surface area contributed by atoms with Crippen LogP contribution in [-0.4, -0.2) is 22.4 Å². The Morgan fingerprint density at radius 2 is 1.76 bits per heavy atom. The Bertz CT molecular complexity index is 1000. The molecule has 0 bridgehead atoms. The molecule has 1 aromatic heterocycles. The number of aromatic nitrogens is 2. The zero-order chi connectivity index (χ0) is 20.6. The van der Waals surface area contributed by atoms with Crippen LogP contribution in [-0.2, 0) is 17.6 Å². The summed E-state index contributed by atoms with van der Waals surface area (Å²) in [6.07, 6.45) is 0.787. The number of carbonyl (C=O) groups excluding carboxylic acids is 1. The van der Waals surface area contributed by atoms with Crippen LogP contribution in [0, 0.1) is 6.92 Å². The number of nitrogens with zero attached hydrogens (tertiary/aromatic N) is 1. The van der Waals surface area contributed by atoms with Gasteiger partial charge in [0.05, 0.1) is 6.42 Å². The lowest BCUT2D eigenvalue weighted by Crippen LogP contribution is -2.30. The Kier molecular flexibility index (Phi) is 7.25. The van der Waals surface area contributed by atoms with E-state index in [0.717, 1.165) is 12.0 Å². The highest BCUT2D eigenvalue weighted by Gasteiger charge is 2.15. The molecule has 29 heavy (non-hydrogen) atoms. The summed E-state index contributed by atoms with van der Waals surface area (Å²) in [6.45, 7) is 4.39. The van der Waals surface area contributed by atoms with Crippen molar-refractivity contribution in [3.05, 3.63) is 93.4 Å². The second-order valence-electron chi connectivity index (χ2n) is 6.87. The van der Waals surface area contributed by atoms with Crippen LogP contribution in [0.4, 0.5) is 0 Å². The molecule has 5 nitrogen and oxygen atoms in total. The lowest BCUT2D eigenvalue weighted by Gasteiger charge is -2.12. The van der Waals surface area contributed by atoms with E-state index in [0.29, 0.717) is 23.0 Å². The maximum absolute atomic E-state index is 12.5. The molecule has 0 spiro atoms. The number of carbonyl (C=O) groups is 1. The molecule has 0 aliphatic heterocycles. The van der Waals surface area contributed by atoms with Crippen LogP contribution >= 0.6 is 11.8 Å².